The molecule has 3 nitrogen and oxygen atoms in total. The molecule has 0 aromatic heterocycles. The summed E-state index contributed by atoms with van der Waals surface area (Å²) in [5, 5.41) is 0.606. The summed E-state index contributed by atoms with van der Waals surface area (Å²) in [5.41, 5.74) is 1.91. The Labute approximate surface area is 113 Å². The van der Waals surface area contributed by atoms with Gasteiger partial charge in [-0.3, -0.25) is 4.79 Å². The molecule has 1 heterocycles. The Morgan fingerprint density at radius 1 is 1.33 bits per heavy atom. The van der Waals surface area contributed by atoms with Crippen molar-refractivity contribution < 1.29 is 4.79 Å². The molecule has 0 aliphatic carbocycles. The summed E-state index contributed by atoms with van der Waals surface area (Å²) in [6, 6.07) is 7.83. The van der Waals surface area contributed by atoms with Gasteiger partial charge in [-0.05, 0) is 36.9 Å². The highest BCUT2D eigenvalue weighted by molar-refractivity contribution is 7.99. The van der Waals surface area contributed by atoms with E-state index in [0.29, 0.717) is 5.25 Å². The van der Waals surface area contributed by atoms with Gasteiger partial charge in [0.1, 0.15) is 0 Å². The van der Waals surface area contributed by atoms with E-state index in [9.17, 15) is 4.79 Å². The maximum atomic E-state index is 12.3. The Morgan fingerprint density at radius 2 is 2.00 bits per heavy atom. The van der Waals surface area contributed by atoms with Crippen LogP contribution in [0.5, 0.6) is 0 Å². The number of carbonyl (C=O) groups excluding carboxylic acids is 1. The van der Waals surface area contributed by atoms with Gasteiger partial charge in [0.05, 0.1) is 0 Å². The number of rotatable bonds is 3. The van der Waals surface area contributed by atoms with E-state index >= 15 is 0 Å². The highest BCUT2D eigenvalue weighted by Crippen LogP contribution is 2.22. The van der Waals surface area contributed by atoms with E-state index in [0.717, 1.165) is 30.8 Å². The van der Waals surface area contributed by atoms with Crippen molar-refractivity contribution in [1.29, 1.82) is 0 Å². The first-order valence-corrected chi connectivity index (χ1v) is 7.50. The van der Waals surface area contributed by atoms with Gasteiger partial charge in [-0.2, -0.15) is 11.8 Å². The molecule has 1 amide bonds. The minimum atomic E-state index is 0.164. The topological polar surface area (TPSA) is 23.6 Å². The van der Waals surface area contributed by atoms with Crippen LogP contribution in [0.3, 0.4) is 0 Å². The van der Waals surface area contributed by atoms with Crippen LogP contribution in [0.2, 0.25) is 0 Å². The molecule has 1 fully saturated rings. The van der Waals surface area contributed by atoms with Crippen LogP contribution in [0.4, 0.5) is 5.69 Å². The Bertz CT molecular complexity index is 416. The Balaban J connectivity index is 2.05. The van der Waals surface area contributed by atoms with E-state index in [1.807, 2.05) is 59.9 Å². The van der Waals surface area contributed by atoms with Crippen LogP contribution in [-0.2, 0) is 0 Å². The quantitative estimate of drug-likeness (QED) is 0.837. The second-order valence-electron chi connectivity index (χ2n) is 4.84. The summed E-state index contributed by atoms with van der Waals surface area (Å²) in [5.74, 6) is 0.164. The minimum Gasteiger partial charge on any atom is -0.378 e. The predicted molar refractivity (Wildman–Crippen MR) is 78.6 cm³/mol. The van der Waals surface area contributed by atoms with Crippen LogP contribution >= 0.6 is 11.8 Å². The van der Waals surface area contributed by atoms with Crippen molar-refractivity contribution in [3.63, 3.8) is 0 Å². The Hall–Kier alpha value is -1.16. The van der Waals surface area contributed by atoms with Crippen molar-refractivity contribution in [3.8, 4) is 0 Å². The van der Waals surface area contributed by atoms with Crippen LogP contribution < -0.4 is 4.90 Å². The molecule has 1 saturated heterocycles. The molecule has 4 heteroatoms. The third-order valence-corrected chi connectivity index (χ3v) is 4.45. The van der Waals surface area contributed by atoms with E-state index in [1.54, 1.807) is 0 Å². The van der Waals surface area contributed by atoms with Crippen molar-refractivity contribution >= 4 is 23.4 Å². The third kappa shape index (κ3) is 2.80. The molecule has 2 rings (SSSR count). The van der Waals surface area contributed by atoms with Crippen LogP contribution in [-0.4, -0.2) is 49.5 Å². The van der Waals surface area contributed by atoms with Gasteiger partial charge in [-0.15, -0.1) is 0 Å². The first-order valence-electron chi connectivity index (χ1n) is 6.21. The second kappa shape index (κ2) is 5.65. The minimum absolute atomic E-state index is 0.164. The third-order valence-electron chi connectivity index (χ3n) is 3.40. The van der Waals surface area contributed by atoms with E-state index in [1.165, 1.54) is 0 Å². The lowest BCUT2D eigenvalue weighted by Gasteiger charge is -2.17. The van der Waals surface area contributed by atoms with Crippen LogP contribution in [0.25, 0.3) is 0 Å². The van der Waals surface area contributed by atoms with Crippen LogP contribution in [0, 0.1) is 0 Å². The number of likely N-dealkylation sites (tertiary alicyclic amines) is 1. The molecule has 0 N–H and O–H groups in total. The molecule has 18 heavy (non-hydrogen) atoms. The lowest BCUT2D eigenvalue weighted by Crippen LogP contribution is -2.29. The van der Waals surface area contributed by atoms with Crippen LogP contribution in [0.15, 0.2) is 24.3 Å². The molecule has 1 aliphatic heterocycles. The smallest absolute Gasteiger partial charge is 0.253 e. The molecule has 0 bridgehead atoms. The average molecular weight is 264 g/mol. The fourth-order valence-corrected chi connectivity index (χ4v) is 2.86. The molecule has 0 radical (unpaired) electrons. The van der Waals surface area contributed by atoms with E-state index in [-0.39, 0.29) is 5.91 Å². The molecule has 0 unspecified atom stereocenters. The molecular formula is C14H20N2OS. The Morgan fingerprint density at radius 3 is 2.50 bits per heavy atom. The van der Waals surface area contributed by atoms with Gasteiger partial charge in [0.2, 0.25) is 0 Å². The fraction of sp³-hybridized carbons (Fsp3) is 0.500. The number of hydrogen-bond donors (Lipinski definition) is 0. The molecule has 0 spiro atoms. The molecule has 98 valence electrons. The zero-order valence-electron chi connectivity index (χ0n) is 11.2. The monoisotopic (exact) mass is 264 g/mol. The van der Waals surface area contributed by atoms with Crippen molar-refractivity contribution in [3.05, 3.63) is 29.8 Å². The fourth-order valence-electron chi connectivity index (χ4n) is 2.19. The van der Waals surface area contributed by atoms with Gasteiger partial charge in [0, 0.05) is 43.7 Å². The summed E-state index contributed by atoms with van der Waals surface area (Å²) < 4.78 is 0. The van der Waals surface area contributed by atoms with Gasteiger partial charge in [0.15, 0.2) is 0 Å². The number of hydrogen-bond acceptors (Lipinski definition) is 3. The normalized spacial score (nSPS) is 19.1. The van der Waals surface area contributed by atoms with Gasteiger partial charge in [-0.25, -0.2) is 0 Å². The maximum Gasteiger partial charge on any atom is 0.253 e. The SMILES string of the molecule is CS[C@@H]1CCN(C(=O)c2ccc(N(C)C)cc2)C1. The lowest BCUT2D eigenvalue weighted by molar-refractivity contribution is 0.0793. The van der Waals surface area contributed by atoms with E-state index in [2.05, 4.69) is 6.26 Å². The molecule has 1 aliphatic rings. The Kier molecular flexibility index (Phi) is 4.17. The second-order valence-corrected chi connectivity index (χ2v) is 5.98. The molecule has 0 saturated carbocycles. The van der Waals surface area contributed by atoms with Gasteiger partial charge in [-0.1, -0.05) is 0 Å². The maximum absolute atomic E-state index is 12.3. The zero-order chi connectivity index (χ0) is 13.1. The van der Waals surface area contributed by atoms with Crippen molar-refractivity contribution in [2.45, 2.75) is 11.7 Å². The number of amides is 1. The summed E-state index contributed by atoms with van der Waals surface area (Å²) in [6.45, 7) is 1.77. The summed E-state index contributed by atoms with van der Waals surface area (Å²) in [7, 11) is 4.00. The predicted octanol–water partition coefficient (Wildman–Crippen LogP) is 2.33. The average Bonchev–Trinajstić information content (AvgIpc) is 2.86. The largest absolute Gasteiger partial charge is 0.378 e. The number of nitrogens with zero attached hydrogens (tertiary/aromatic N) is 2. The van der Waals surface area contributed by atoms with Gasteiger partial charge >= 0.3 is 0 Å². The number of thioether (sulfide) groups is 1. The van der Waals surface area contributed by atoms with E-state index in [4.69, 9.17) is 0 Å². The first kappa shape index (κ1) is 13.3. The van der Waals surface area contributed by atoms with Crippen molar-refractivity contribution in [2.75, 3.05) is 38.3 Å². The number of anilines is 1. The summed E-state index contributed by atoms with van der Waals surface area (Å²) >= 11 is 1.85. The zero-order valence-corrected chi connectivity index (χ0v) is 12.0. The highest BCUT2D eigenvalue weighted by Gasteiger charge is 2.26. The summed E-state index contributed by atoms with van der Waals surface area (Å²) in [6.07, 6.45) is 3.23. The standard InChI is InChI=1S/C14H20N2OS/c1-15(2)12-6-4-11(5-7-12)14(17)16-9-8-13(10-16)18-3/h4-7,13H,8-10H2,1-3H3/t13-/m1/s1. The van der Waals surface area contributed by atoms with Crippen molar-refractivity contribution in [1.82, 2.24) is 4.90 Å². The van der Waals surface area contributed by atoms with Gasteiger partial charge < -0.3 is 9.80 Å². The highest BCUT2D eigenvalue weighted by atomic mass is 32.2. The van der Waals surface area contributed by atoms with E-state index < -0.39 is 0 Å². The molecule has 1 atom stereocenters. The van der Waals surface area contributed by atoms with Crippen LogP contribution in [0.1, 0.15) is 16.8 Å². The number of benzene rings is 1. The number of carbonyl (C=O) groups is 1. The molecule has 1 aromatic carbocycles. The molecular weight excluding hydrogens is 244 g/mol. The van der Waals surface area contributed by atoms with Gasteiger partial charge in [0.25, 0.3) is 5.91 Å². The molecule has 1 aromatic rings. The summed E-state index contributed by atoms with van der Waals surface area (Å²) in [4.78, 5) is 16.3. The van der Waals surface area contributed by atoms with Crippen molar-refractivity contribution in [2.24, 2.45) is 0 Å². The lowest BCUT2D eigenvalue weighted by atomic mass is 10.2. The first-order chi connectivity index (χ1) is 8.61.